The zero-order valence-corrected chi connectivity index (χ0v) is 12.6. The Labute approximate surface area is 120 Å². The lowest BCUT2D eigenvalue weighted by Gasteiger charge is -2.10. The van der Waals surface area contributed by atoms with E-state index in [0.717, 1.165) is 22.4 Å². The number of ether oxygens (including phenoxy) is 1. The average Bonchev–Trinajstić information content (AvgIpc) is 2.83. The fraction of sp³-hybridized carbons (Fsp3) is 0.286. The molecule has 2 rings (SSSR count). The van der Waals surface area contributed by atoms with Gasteiger partial charge >= 0.3 is 0 Å². The van der Waals surface area contributed by atoms with Crippen molar-refractivity contribution in [2.75, 3.05) is 7.11 Å². The second-order valence-corrected chi connectivity index (χ2v) is 6.47. The van der Waals surface area contributed by atoms with Gasteiger partial charge in [0.25, 0.3) is 0 Å². The number of hydrogen-bond donors (Lipinski definition) is 1. The molecule has 0 aliphatic rings. The second-order valence-electron chi connectivity index (χ2n) is 4.18. The molecule has 0 saturated heterocycles. The number of aryl methyl sites for hydroxylation is 1. The number of halogens is 1. The number of benzene rings is 1. The van der Waals surface area contributed by atoms with Crippen LogP contribution in [0.3, 0.4) is 0 Å². The highest BCUT2D eigenvalue weighted by molar-refractivity contribution is 9.11. The zero-order chi connectivity index (χ0) is 13.0. The minimum atomic E-state index is 0.106. The molecule has 0 bridgehead atoms. The van der Waals surface area contributed by atoms with Crippen molar-refractivity contribution in [2.24, 2.45) is 5.73 Å². The molecule has 1 unspecified atom stereocenters. The number of rotatable bonds is 5. The minimum absolute atomic E-state index is 0.106. The Morgan fingerprint density at radius 2 is 2.06 bits per heavy atom. The SMILES string of the molecule is COc1ccc(CCC(N)c2csc(Br)c2)cc1. The van der Waals surface area contributed by atoms with Crippen LogP contribution >= 0.6 is 27.3 Å². The van der Waals surface area contributed by atoms with Crippen LogP contribution in [0.5, 0.6) is 5.75 Å². The number of thiophene rings is 1. The van der Waals surface area contributed by atoms with Gasteiger partial charge in [-0.25, -0.2) is 0 Å². The van der Waals surface area contributed by atoms with E-state index in [1.807, 2.05) is 12.1 Å². The molecule has 0 radical (unpaired) electrons. The predicted octanol–water partition coefficient (Wildman–Crippen LogP) is 4.15. The van der Waals surface area contributed by atoms with Crippen molar-refractivity contribution in [1.29, 1.82) is 0 Å². The van der Waals surface area contributed by atoms with Crippen LogP contribution in [0.25, 0.3) is 0 Å². The van der Waals surface area contributed by atoms with Crippen LogP contribution in [0, 0.1) is 0 Å². The molecule has 1 heterocycles. The summed E-state index contributed by atoms with van der Waals surface area (Å²) < 4.78 is 6.27. The van der Waals surface area contributed by atoms with E-state index in [2.05, 4.69) is 39.5 Å². The standard InChI is InChI=1S/C14H16BrNOS/c1-17-12-5-2-10(3-6-12)4-7-13(16)11-8-14(15)18-9-11/h2-3,5-6,8-9,13H,4,7,16H2,1H3. The molecular weight excluding hydrogens is 310 g/mol. The van der Waals surface area contributed by atoms with Crippen molar-refractivity contribution < 1.29 is 4.74 Å². The van der Waals surface area contributed by atoms with E-state index in [0.29, 0.717) is 0 Å². The maximum absolute atomic E-state index is 6.17. The van der Waals surface area contributed by atoms with E-state index >= 15 is 0 Å². The second kappa shape index (κ2) is 6.36. The van der Waals surface area contributed by atoms with Crippen molar-refractivity contribution in [2.45, 2.75) is 18.9 Å². The lowest BCUT2D eigenvalue weighted by atomic mass is 10.0. The molecule has 0 saturated carbocycles. The highest BCUT2D eigenvalue weighted by Crippen LogP contribution is 2.26. The third-order valence-electron chi connectivity index (χ3n) is 2.92. The van der Waals surface area contributed by atoms with Crippen molar-refractivity contribution in [1.82, 2.24) is 0 Å². The third kappa shape index (κ3) is 3.57. The van der Waals surface area contributed by atoms with Gasteiger partial charge in [-0.15, -0.1) is 11.3 Å². The number of hydrogen-bond acceptors (Lipinski definition) is 3. The third-order valence-corrected chi connectivity index (χ3v) is 4.44. The Balaban J connectivity index is 1.90. The Bertz CT molecular complexity index is 495. The topological polar surface area (TPSA) is 35.2 Å². The molecule has 0 spiro atoms. The highest BCUT2D eigenvalue weighted by Gasteiger charge is 2.08. The molecule has 0 aliphatic heterocycles. The van der Waals surface area contributed by atoms with Gasteiger partial charge in [0, 0.05) is 6.04 Å². The average molecular weight is 326 g/mol. The Hall–Kier alpha value is -0.840. The maximum Gasteiger partial charge on any atom is 0.118 e. The van der Waals surface area contributed by atoms with Gasteiger partial charge in [0.15, 0.2) is 0 Å². The van der Waals surface area contributed by atoms with Crippen LogP contribution in [-0.4, -0.2) is 7.11 Å². The lowest BCUT2D eigenvalue weighted by molar-refractivity contribution is 0.414. The monoisotopic (exact) mass is 325 g/mol. The molecule has 1 atom stereocenters. The van der Waals surface area contributed by atoms with Gasteiger partial charge in [-0.05, 0) is 63.5 Å². The van der Waals surface area contributed by atoms with Gasteiger partial charge in [0.2, 0.25) is 0 Å². The summed E-state index contributed by atoms with van der Waals surface area (Å²) in [7, 11) is 1.68. The van der Waals surface area contributed by atoms with Crippen LogP contribution in [0.2, 0.25) is 0 Å². The summed E-state index contributed by atoms with van der Waals surface area (Å²) in [4.78, 5) is 0. The van der Waals surface area contributed by atoms with E-state index in [4.69, 9.17) is 10.5 Å². The van der Waals surface area contributed by atoms with E-state index in [1.54, 1.807) is 18.4 Å². The van der Waals surface area contributed by atoms with Gasteiger partial charge in [-0.1, -0.05) is 12.1 Å². The summed E-state index contributed by atoms with van der Waals surface area (Å²) in [6.07, 6.45) is 1.94. The molecule has 2 N–H and O–H groups in total. The fourth-order valence-electron chi connectivity index (χ4n) is 1.80. The molecule has 2 aromatic rings. The Morgan fingerprint density at radius 1 is 1.33 bits per heavy atom. The summed E-state index contributed by atoms with van der Waals surface area (Å²) >= 11 is 5.14. The summed E-state index contributed by atoms with van der Waals surface area (Å²) in [5.41, 5.74) is 8.67. The summed E-state index contributed by atoms with van der Waals surface area (Å²) in [5, 5.41) is 2.11. The van der Waals surface area contributed by atoms with Gasteiger partial charge in [-0.2, -0.15) is 0 Å². The first-order chi connectivity index (χ1) is 8.69. The molecule has 0 aliphatic carbocycles. The van der Waals surface area contributed by atoms with Crippen molar-refractivity contribution in [3.63, 3.8) is 0 Å². The van der Waals surface area contributed by atoms with Gasteiger partial charge < -0.3 is 10.5 Å². The van der Waals surface area contributed by atoms with Crippen LogP contribution in [0.15, 0.2) is 39.5 Å². The van der Waals surface area contributed by atoms with E-state index < -0.39 is 0 Å². The minimum Gasteiger partial charge on any atom is -0.497 e. The maximum atomic E-state index is 6.17. The Kier molecular flexibility index (Phi) is 4.80. The van der Waals surface area contributed by atoms with E-state index in [1.165, 1.54) is 11.1 Å². The smallest absolute Gasteiger partial charge is 0.118 e. The van der Waals surface area contributed by atoms with Gasteiger partial charge in [0.1, 0.15) is 5.75 Å². The number of nitrogens with two attached hydrogens (primary N) is 1. The highest BCUT2D eigenvalue weighted by atomic mass is 79.9. The quantitative estimate of drug-likeness (QED) is 0.896. The zero-order valence-electron chi connectivity index (χ0n) is 10.2. The van der Waals surface area contributed by atoms with E-state index in [9.17, 15) is 0 Å². The van der Waals surface area contributed by atoms with Crippen LogP contribution < -0.4 is 10.5 Å². The summed E-state index contributed by atoms with van der Waals surface area (Å²) in [6, 6.07) is 10.4. The molecule has 18 heavy (non-hydrogen) atoms. The van der Waals surface area contributed by atoms with Crippen molar-refractivity contribution >= 4 is 27.3 Å². The molecule has 96 valence electrons. The molecule has 1 aromatic carbocycles. The fourth-order valence-corrected chi connectivity index (χ4v) is 3.04. The molecular formula is C14H16BrNOS. The van der Waals surface area contributed by atoms with Crippen molar-refractivity contribution in [3.8, 4) is 5.75 Å². The van der Waals surface area contributed by atoms with E-state index in [-0.39, 0.29) is 6.04 Å². The first kappa shape index (κ1) is 13.6. The predicted molar refractivity (Wildman–Crippen MR) is 80.3 cm³/mol. The van der Waals surface area contributed by atoms with Gasteiger partial charge in [-0.3, -0.25) is 0 Å². The molecule has 0 amide bonds. The Morgan fingerprint density at radius 3 is 2.61 bits per heavy atom. The summed E-state index contributed by atoms with van der Waals surface area (Å²) in [6.45, 7) is 0. The van der Waals surface area contributed by atoms with Gasteiger partial charge in [0.05, 0.1) is 10.9 Å². The largest absolute Gasteiger partial charge is 0.497 e. The summed E-state index contributed by atoms with van der Waals surface area (Å²) in [5.74, 6) is 0.893. The van der Waals surface area contributed by atoms with Crippen LogP contribution in [0.4, 0.5) is 0 Å². The molecule has 1 aromatic heterocycles. The lowest BCUT2D eigenvalue weighted by Crippen LogP contribution is -2.10. The molecule has 4 heteroatoms. The normalized spacial score (nSPS) is 12.4. The van der Waals surface area contributed by atoms with Crippen molar-refractivity contribution in [3.05, 3.63) is 50.6 Å². The first-order valence-electron chi connectivity index (χ1n) is 5.81. The van der Waals surface area contributed by atoms with Crippen LogP contribution in [-0.2, 0) is 6.42 Å². The number of methoxy groups -OCH3 is 1. The first-order valence-corrected chi connectivity index (χ1v) is 7.49. The molecule has 2 nitrogen and oxygen atoms in total. The molecule has 0 fully saturated rings. The van der Waals surface area contributed by atoms with Crippen LogP contribution in [0.1, 0.15) is 23.6 Å².